The molecule has 172 valence electrons. The average Bonchev–Trinajstić information content (AvgIpc) is 2.80. The van der Waals surface area contributed by atoms with Crippen molar-refractivity contribution in [1.82, 2.24) is 0 Å². The highest BCUT2D eigenvalue weighted by Gasteiger charge is 1.98. The van der Waals surface area contributed by atoms with Crippen LogP contribution in [-0.2, 0) is 6.42 Å². The Hall–Kier alpha value is -1.56. The number of allylic oxidation sites excluding steroid dienone is 2. The maximum Gasteiger partial charge on any atom is -0.0152 e. The summed E-state index contributed by atoms with van der Waals surface area (Å²) in [5.41, 5.74) is 1.48. The molecule has 0 N–H and O–H groups in total. The number of aryl methyl sites for hydroxylation is 1. The van der Waals surface area contributed by atoms with Gasteiger partial charge in [-0.05, 0) is 42.0 Å². The second-order valence-electron chi connectivity index (χ2n) is 9.39. The summed E-state index contributed by atoms with van der Waals surface area (Å²) in [7, 11) is 0. The van der Waals surface area contributed by atoms with Crippen LogP contribution in [0.15, 0.2) is 54.6 Å². The molecule has 0 spiro atoms. The summed E-state index contributed by atoms with van der Waals surface area (Å²) in [6, 6.07) is 15.4. The maximum atomic E-state index is 2.41. The smallest absolute Gasteiger partial charge is 0.0152 e. The van der Waals surface area contributed by atoms with Gasteiger partial charge in [-0.3, -0.25) is 0 Å². The molecule has 0 bridgehead atoms. The van der Waals surface area contributed by atoms with Gasteiger partial charge in [0.05, 0.1) is 0 Å². The molecule has 0 radical (unpaired) electrons. The Morgan fingerprint density at radius 3 is 1.68 bits per heavy atom. The minimum absolute atomic E-state index is 1.15. The molecule has 0 saturated carbocycles. The van der Waals surface area contributed by atoms with Gasteiger partial charge in [-0.15, -0.1) is 0 Å². The van der Waals surface area contributed by atoms with Crippen LogP contribution < -0.4 is 0 Å². The third-order valence-electron chi connectivity index (χ3n) is 6.60. The zero-order valence-corrected chi connectivity index (χ0v) is 20.4. The van der Waals surface area contributed by atoms with E-state index in [0.29, 0.717) is 0 Å². The summed E-state index contributed by atoms with van der Waals surface area (Å²) in [5.74, 6) is 0. The van der Waals surface area contributed by atoms with E-state index < -0.39 is 0 Å². The molecule has 0 heteroatoms. The van der Waals surface area contributed by atoms with Crippen molar-refractivity contribution in [3.8, 4) is 0 Å². The molecular formula is C31H48. The fraction of sp³-hybridized carbons (Fsp3) is 0.613. The SMILES string of the molecule is CCCCCCCCCCCCCCCCC/C=C/CCc1cccc2ccccc12. The lowest BCUT2D eigenvalue weighted by molar-refractivity contribution is 0.533. The van der Waals surface area contributed by atoms with E-state index >= 15 is 0 Å². The summed E-state index contributed by atoms with van der Waals surface area (Å²) in [4.78, 5) is 0. The van der Waals surface area contributed by atoms with Crippen molar-refractivity contribution in [3.63, 3.8) is 0 Å². The van der Waals surface area contributed by atoms with Crippen molar-refractivity contribution in [2.24, 2.45) is 0 Å². The van der Waals surface area contributed by atoms with Crippen LogP contribution in [0.2, 0.25) is 0 Å². The number of benzene rings is 2. The predicted molar refractivity (Wildman–Crippen MR) is 141 cm³/mol. The molecule has 0 saturated heterocycles. The van der Waals surface area contributed by atoms with Crippen molar-refractivity contribution in [1.29, 1.82) is 0 Å². The van der Waals surface area contributed by atoms with Crippen molar-refractivity contribution in [2.75, 3.05) is 0 Å². The summed E-state index contributed by atoms with van der Waals surface area (Å²) >= 11 is 0. The fourth-order valence-electron chi connectivity index (χ4n) is 4.62. The molecule has 0 aliphatic heterocycles. The lowest BCUT2D eigenvalue weighted by atomic mass is 10.0. The van der Waals surface area contributed by atoms with E-state index in [1.807, 2.05) is 0 Å². The van der Waals surface area contributed by atoms with Gasteiger partial charge < -0.3 is 0 Å². The van der Waals surface area contributed by atoms with E-state index in [2.05, 4.69) is 61.5 Å². The third-order valence-corrected chi connectivity index (χ3v) is 6.60. The fourth-order valence-corrected chi connectivity index (χ4v) is 4.62. The Balaban J connectivity index is 1.35. The van der Waals surface area contributed by atoms with Crippen molar-refractivity contribution < 1.29 is 0 Å². The number of unbranched alkanes of at least 4 members (excludes halogenated alkanes) is 15. The summed E-state index contributed by atoms with van der Waals surface area (Å²) in [5, 5.41) is 2.78. The first-order valence-corrected chi connectivity index (χ1v) is 13.5. The molecule has 0 atom stereocenters. The molecule has 0 aliphatic carbocycles. The van der Waals surface area contributed by atoms with Crippen LogP contribution in [0.25, 0.3) is 10.8 Å². The lowest BCUT2D eigenvalue weighted by Gasteiger charge is -2.04. The monoisotopic (exact) mass is 420 g/mol. The Morgan fingerprint density at radius 1 is 0.516 bits per heavy atom. The minimum Gasteiger partial charge on any atom is -0.0885 e. The largest absolute Gasteiger partial charge is 0.0885 e. The van der Waals surface area contributed by atoms with E-state index in [0.717, 1.165) is 12.8 Å². The highest BCUT2D eigenvalue weighted by atomic mass is 14.0. The predicted octanol–water partition coefficient (Wildman–Crippen LogP) is 10.6. The van der Waals surface area contributed by atoms with Crippen molar-refractivity contribution in [3.05, 3.63) is 60.2 Å². The standard InChI is InChI=1S/C31H48/c1-2-3-4-5-6-7-8-9-10-11-12-13-14-15-16-17-18-19-20-24-29-26-23-27-30-25-21-22-28-31(29)30/h18-19,21-23,25-28H,2-17,20,24H2,1H3/b19-18+. The highest BCUT2D eigenvalue weighted by molar-refractivity contribution is 5.85. The normalized spacial score (nSPS) is 11.6. The van der Waals surface area contributed by atoms with Gasteiger partial charge in [0.2, 0.25) is 0 Å². The Labute approximate surface area is 193 Å². The first kappa shape index (κ1) is 25.7. The molecule has 31 heavy (non-hydrogen) atoms. The molecule has 0 aromatic heterocycles. The summed E-state index contributed by atoms with van der Waals surface area (Å²) < 4.78 is 0. The van der Waals surface area contributed by atoms with Crippen LogP contribution in [0.1, 0.15) is 122 Å². The highest BCUT2D eigenvalue weighted by Crippen LogP contribution is 2.20. The van der Waals surface area contributed by atoms with Gasteiger partial charge in [-0.25, -0.2) is 0 Å². The van der Waals surface area contributed by atoms with Gasteiger partial charge in [-0.2, -0.15) is 0 Å². The molecule has 0 aliphatic rings. The topological polar surface area (TPSA) is 0 Å². The average molecular weight is 421 g/mol. The molecule has 2 aromatic rings. The van der Waals surface area contributed by atoms with Crippen molar-refractivity contribution in [2.45, 2.75) is 122 Å². The van der Waals surface area contributed by atoms with Gasteiger partial charge in [-0.1, -0.05) is 151 Å². The zero-order valence-electron chi connectivity index (χ0n) is 20.4. The Bertz CT molecular complexity index is 691. The second kappa shape index (κ2) is 18.1. The van der Waals surface area contributed by atoms with E-state index in [-0.39, 0.29) is 0 Å². The molecule has 2 aromatic carbocycles. The zero-order chi connectivity index (χ0) is 21.8. The van der Waals surface area contributed by atoms with Crippen LogP contribution in [-0.4, -0.2) is 0 Å². The molecule has 2 rings (SSSR count). The molecular weight excluding hydrogens is 372 g/mol. The van der Waals surface area contributed by atoms with Gasteiger partial charge in [0.15, 0.2) is 0 Å². The van der Waals surface area contributed by atoms with Crippen LogP contribution >= 0.6 is 0 Å². The maximum absolute atomic E-state index is 2.41. The first-order valence-electron chi connectivity index (χ1n) is 13.5. The van der Waals surface area contributed by atoms with Gasteiger partial charge >= 0.3 is 0 Å². The third kappa shape index (κ3) is 12.2. The van der Waals surface area contributed by atoms with Crippen LogP contribution in [0, 0.1) is 0 Å². The lowest BCUT2D eigenvalue weighted by Crippen LogP contribution is -1.86. The number of rotatable bonds is 19. The molecule has 0 nitrogen and oxygen atoms in total. The van der Waals surface area contributed by atoms with Crippen LogP contribution in [0.4, 0.5) is 0 Å². The Kier molecular flexibility index (Phi) is 15.0. The second-order valence-corrected chi connectivity index (χ2v) is 9.39. The molecule has 0 fully saturated rings. The van der Waals surface area contributed by atoms with E-state index in [4.69, 9.17) is 0 Å². The van der Waals surface area contributed by atoms with E-state index in [1.165, 1.54) is 119 Å². The Morgan fingerprint density at radius 2 is 1.03 bits per heavy atom. The number of fused-ring (bicyclic) bond motifs is 1. The number of hydrogen-bond donors (Lipinski definition) is 0. The quantitative estimate of drug-likeness (QED) is 0.156. The number of hydrogen-bond acceptors (Lipinski definition) is 0. The van der Waals surface area contributed by atoms with Crippen molar-refractivity contribution >= 4 is 10.8 Å². The van der Waals surface area contributed by atoms with Gasteiger partial charge in [0.1, 0.15) is 0 Å². The molecule has 0 heterocycles. The summed E-state index contributed by atoms with van der Waals surface area (Å²) in [6.45, 7) is 2.30. The first-order chi connectivity index (χ1) is 15.4. The van der Waals surface area contributed by atoms with Crippen LogP contribution in [0.3, 0.4) is 0 Å². The van der Waals surface area contributed by atoms with E-state index in [9.17, 15) is 0 Å². The van der Waals surface area contributed by atoms with Gasteiger partial charge in [0, 0.05) is 0 Å². The minimum atomic E-state index is 1.15. The molecule has 0 unspecified atom stereocenters. The van der Waals surface area contributed by atoms with E-state index in [1.54, 1.807) is 0 Å². The van der Waals surface area contributed by atoms with Gasteiger partial charge in [0.25, 0.3) is 0 Å². The molecule has 0 amide bonds. The summed E-state index contributed by atoms with van der Waals surface area (Å²) in [6.07, 6.45) is 30.0. The van der Waals surface area contributed by atoms with Crippen LogP contribution in [0.5, 0.6) is 0 Å².